The highest BCUT2D eigenvalue weighted by atomic mass is 35.5. The molecule has 52 valence electrons. The number of hydrogen-bond donors (Lipinski definition) is 0. The van der Waals surface area contributed by atoms with Gasteiger partial charge in [0.2, 0.25) is 0 Å². The molecule has 3 heteroatoms. The minimum absolute atomic E-state index is 0. The van der Waals surface area contributed by atoms with Crippen LogP contribution >= 0.6 is 9.24 Å². The molecule has 0 aliphatic rings. The Labute approximate surface area is 59.8 Å². The summed E-state index contributed by atoms with van der Waals surface area (Å²) in [5.74, 6) is 0. The Balaban J connectivity index is 0. The number of rotatable bonds is 4. The number of ether oxygens (including phenoxy) is 1. The van der Waals surface area contributed by atoms with Crippen molar-refractivity contribution in [1.82, 2.24) is 0 Å². The van der Waals surface area contributed by atoms with Gasteiger partial charge in [0, 0.05) is 13.7 Å². The van der Waals surface area contributed by atoms with Crippen molar-refractivity contribution in [2.24, 2.45) is 0 Å². The van der Waals surface area contributed by atoms with Gasteiger partial charge in [0.25, 0.3) is 0 Å². The van der Waals surface area contributed by atoms with E-state index in [1.54, 1.807) is 7.11 Å². The van der Waals surface area contributed by atoms with E-state index in [9.17, 15) is 0 Å². The highest BCUT2D eigenvalue weighted by molar-refractivity contribution is 7.16. The molecule has 0 N–H and O–H groups in total. The van der Waals surface area contributed by atoms with Gasteiger partial charge >= 0.3 is 0 Å². The van der Waals surface area contributed by atoms with E-state index in [1.807, 2.05) is 9.24 Å². The molecule has 8 heavy (non-hydrogen) atoms. The summed E-state index contributed by atoms with van der Waals surface area (Å²) in [4.78, 5) is 0. The number of halogens is 1. The molecule has 1 unspecified atom stereocenters. The smallest absolute Gasteiger partial charge is 0.0527 e. The molecule has 0 aliphatic heterocycles. The Morgan fingerprint density at radius 1 is 1.38 bits per heavy atom. The fourth-order valence-electron chi connectivity index (χ4n) is 0.423. The van der Waals surface area contributed by atoms with E-state index >= 15 is 0 Å². The van der Waals surface area contributed by atoms with Gasteiger partial charge in [-0.15, -0.1) is 0 Å². The third kappa shape index (κ3) is 9.84. The monoisotopic (exact) mass is 156 g/mol. The van der Waals surface area contributed by atoms with Crippen LogP contribution in [0.1, 0.15) is 12.8 Å². The minimum Gasteiger partial charge on any atom is -1.00 e. The molecule has 0 spiro atoms. The van der Waals surface area contributed by atoms with Crippen molar-refractivity contribution in [2.75, 3.05) is 19.9 Å². The predicted octanol–water partition coefficient (Wildman–Crippen LogP) is -1.98. The maximum Gasteiger partial charge on any atom is 0.0527 e. The molecule has 0 saturated heterocycles. The minimum atomic E-state index is 0. The highest BCUT2D eigenvalue weighted by Gasteiger charge is 1.82. The zero-order valence-corrected chi connectivity index (χ0v) is 7.49. The fourth-order valence-corrected chi connectivity index (χ4v) is 0.777. The third-order valence-electron chi connectivity index (χ3n) is 0.848. The van der Waals surface area contributed by atoms with Gasteiger partial charge in [0.15, 0.2) is 0 Å². The summed E-state index contributed by atoms with van der Waals surface area (Å²) in [5, 5.41) is 0. The Bertz CT molecular complexity index is 31.6. The van der Waals surface area contributed by atoms with E-state index in [0.717, 1.165) is 6.61 Å². The molecule has 0 aromatic carbocycles. The van der Waals surface area contributed by atoms with Crippen LogP contribution in [0, 0.1) is 0 Å². The lowest BCUT2D eigenvalue weighted by atomic mass is 10.4. The number of methoxy groups -OCH3 is 1. The molecule has 0 fully saturated rings. The van der Waals surface area contributed by atoms with E-state index in [2.05, 4.69) is 0 Å². The van der Waals surface area contributed by atoms with E-state index in [0.29, 0.717) is 0 Å². The van der Waals surface area contributed by atoms with Crippen molar-refractivity contribution in [2.45, 2.75) is 12.8 Å². The van der Waals surface area contributed by atoms with Gasteiger partial charge in [-0.25, -0.2) is 0 Å². The molecule has 1 atom stereocenters. The molecule has 1 nitrogen and oxygen atoms in total. The quantitative estimate of drug-likeness (QED) is 0.339. The zero-order chi connectivity index (χ0) is 5.54. The van der Waals surface area contributed by atoms with E-state index in [1.165, 1.54) is 19.0 Å². The first-order valence-electron chi connectivity index (χ1n) is 2.70. The SMILES string of the molecule is COCCCC[PH3+].[Cl-]. The molecule has 0 heterocycles. The predicted molar refractivity (Wildman–Crippen MR) is 37.1 cm³/mol. The second kappa shape index (κ2) is 10.6. The molecule has 0 saturated carbocycles. The van der Waals surface area contributed by atoms with Crippen LogP contribution in [-0.2, 0) is 4.74 Å². The average Bonchev–Trinajstić information content (AvgIpc) is 1.69. The highest BCUT2D eigenvalue weighted by Crippen LogP contribution is 1.92. The van der Waals surface area contributed by atoms with Crippen molar-refractivity contribution in [3.05, 3.63) is 0 Å². The van der Waals surface area contributed by atoms with Crippen LogP contribution in [0.2, 0.25) is 0 Å². The van der Waals surface area contributed by atoms with Gasteiger partial charge < -0.3 is 17.1 Å². The van der Waals surface area contributed by atoms with Crippen LogP contribution in [0.25, 0.3) is 0 Å². The second-order valence-corrected chi connectivity index (χ2v) is 2.26. The summed E-state index contributed by atoms with van der Waals surface area (Å²) < 4.78 is 4.85. The molecule has 0 rings (SSSR count). The first kappa shape index (κ1) is 11.5. The Morgan fingerprint density at radius 3 is 2.38 bits per heavy atom. The van der Waals surface area contributed by atoms with Crippen molar-refractivity contribution in [3.8, 4) is 0 Å². The molecule has 0 bridgehead atoms. The third-order valence-corrected chi connectivity index (χ3v) is 1.35. The lowest BCUT2D eigenvalue weighted by molar-refractivity contribution is -0.00000184. The Hall–Kier alpha value is 0.680. The van der Waals surface area contributed by atoms with Crippen LogP contribution in [0.15, 0.2) is 0 Å². The topological polar surface area (TPSA) is 9.23 Å². The van der Waals surface area contributed by atoms with Gasteiger partial charge in [0.05, 0.1) is 6.16 Å². The van der Waals surface area contributed by atoms with Crippen LogP contribution in [0.4, 0.5) is 0 Å². The first-order valence-corrected chi connectivity index (χ1v) is 3.70. The van der Waals surface area contributed by atoms with Crippen LogP contribution < -0.4 is 12.4 Å². The molecular formula is C5H14ClOP. The van der Waals surface area contributed by atoms with Gasteiger partial charge in [-0.1, -0.05) is 0 Å². The van der Waals surface area contributed by atoms with E-state index in [-0.39, 0.29) is 12.4 Å². The lowest BCUT2D eigenvalue weighted by Gasteiger charge is -1.91. The number of unbranched alkanes of at least 4 members (excludes halogenated alkanes) is 1. The summed E-state index contributed by atoms with van der Waals surface area (Å²) in [6.45, 7) is 0.929. The second-order valence-electron chi connectivity index (χ2n) is 1.55. The summed E-state index contributed by atoms with van der Waals surface area (Å²) >= 11 is 0. The van der Waals surface area contributed by atoms with Crippen molar-refractivity contribution in [3.63, 3.8) is 0 Å². The summed E-state index contributed by atoms with van der Waals surface area (Å²) in [5.41, 5.74) is 0. The van der Waals surface area contributed by atoms with Gasteiger partial charge in [-0.3, -0.25) is 0 Å². The molecule has 0 radical (unpaired) electrons. The zero-order valence-electron chi connectivity index (χ0n) is 5.32. The Kier molecular flexibility index (Phi) is 15.2. The Morgan fingerprint density at radius 2 is 2.00 bits per heavy atom. The van der Waals surface area contributed by atoms with Gasteiger partial charge in [0.1, 0.15) is 0 Å². The van der Waals surface area contributed by atoms with E-state index < -0.39 is 0 Å². The van der Waals surface area contributed by atoms with Crippen molar-refractivity contribution in [1.29, 1.82) is 0 Å². The van der Waals surface area contributed by atoms with Crippen LogP contribution in [0.5, 0.6) is 0 Å². The first-order chi connectivity index (χ1) is 3.41. The standard InChI is InChI=1S/C5H13OP.ClH/c1-6-4-2-3-5-7;/h2-5,7H2,1H3;1H. The number of hydrogen-bond acceptors (Lipinski definition) is 1. The molecule has 0 aromatic rings. The van der Waals surface area contributed by atoms with Gasteiger partial charge in [-0.05, 0) is 22.1 Å². The largest absolute Gasteiger partial charge is 1.00 e. The van der Waals surface area contributed by atoms with Crippen LogP contribution in [-0.4, -0.2) is 19.9 Å². The maximum absolute atomic E-state index is 4.85. The fraction of sp³-hybridized carbons (Fsp3) is 1.00. The average molecular weight is 157 g/mol. The van der Waals surface area contributed by atoms with Crippen molar-refractivity contribution >= 4 is 9.24 Å². The molecule has 0 amide bonds. The van der Waals surface area contributed by atoms with Crippen LogP contribution in [0.3, 0.4) is 0 Å². The van der Waals surface area contributed by atoms with Gasteiger partial charge in [-0.2, -0.15) is 0 Å². The van der Waals surface area contributed by atoms with E-state index in [4.69, 9.17) is 4.74 Å². The molecular weight excluding hydrogens is 142 g/mol. The van der Waals surface area contributed by atoms with Crippen molar-refractivity contribution < 1.29 is 17.1 Å². The maximum atomic E-state index is 4.85. The summed E-state index contributed by atoms with van der Waals surface area (Å²) in [6, 6.07) is 0. The lowest BCUT2D eigenvalue weighted by Crippen LogP contribution is -3.00. The molecule has 0 aliphatic carbocycles. The summed E-state index contributed by atoms with van der Waals surface area (Å²) in [6.07, 6.45) is 3.84. The summed E-state index contributed by atoms with van der Waals surface area (Å²) in [7, 11) is 3.77. The normalized spacial score (nSPS) is 8.62. The molecule has 0 aromatic heterocycles.